The molecule has 0 aliphatic heterocycles. The number of hydrogen-bond acceptors (Lipinski definition) is 4. The summed E-state index contributed by atoms with van der Waals surface area (Å²) in [6, 6.07) is 11.9. The number of hydrogen-bond donors (Lipinski definition) is 1. The van der Waals surface area contributed by atoms with Gasteiger partial charge in [0.25, 0.3) is 0 Å². The van der Waals surface area contributed by atoms with E-state index < -0.39 is 9.84 Å². The minimum atomic E-state index is -3.19. The fourth-order valence-electron chi connectivity index (χ4n) is 1.64. The SMILES string of the molecule is CS(=O)(=O)c1ccc(Oc2ccc(CN)cc2Br)cc1. The predicted octanol–water partition coefficient (Wildman–Crippen LogP) is 3.10. The van der Waals surface area contributed by atoms with Crippen molar-refractivity contribution in [2.24, 2.45) is 5.73 Å². The van der Waals surface area contributed by atoms with Gasteiger partial charge in [-0.25, -0.2) is 8.42 Å². The van der Waals surface area contributed by atoms with E-state index in [1.54, 1.807) is 12.1 Å². The number of rotatable bonds is 4. The number of nitrogens with two attached hydrogens (primary N) is 1. The zero-order chi connectivity index (χ0) is 14.8. The summed E-state index contributed by atoms with van der Waals surface area (Å²) in [6.45, 7) is 0.460. The molecule has 0 saturated carbocycles. The third-order valence-electron chi connectivity index (χ3n) is 2.71. The second-order valence-corrected chi connectivity index (χ2v) is 7.18. The van der Waals surface area contributed by atoms with Gasteiger partial charge in [0.2, 0.25) is 0 Å². The molecule has 0 aliphatic rings. The van der Waals surface area contributed by atoms with Gasteiger partial charge < -0.3 is 10.5 Å². The van der Waals surface area contributed by atoms with E-state index in [-0.39, 0.29) is 4.90 Å². The molecular weight excluding hydrogens is 342 g/mol. The Morgan fingerprint density at radius 2 is 1.80 bits per heavy atom. The Labute approximate surface area is 126 Å². The predicted molar refractivity (Wildman–Crippen MR) is 81.7 cm³/mol. The van der Waals surface area contributed by atoms with E-state index in [4.69, 9.17) is 10.5 Å². The van der Waals surface area contributed by atoms with E-state index in [2.05, 4.69) is 15.9 Å². The molecule has 2 rings (SSSR count). The standard InChI is InChI=1S/C14H14BrNO3S/c1-20(17,18)12-5-3-11(4-6-12)19-14-7-2-10(9-16)8-13(14)15/h2-8H,9,16H2,1H3. The summed E-state index contributed by atoms with van der Waals surface area (Å²) in [5.41, 5.74) is 6.56. The van der Waals surface area contributed by atoms with Crippen LogP contribution in [0.1, 0.15) is 5.56 Å². The average molecular weight is 356 g/mol. The van der Waals surface area contributed by atoms with Crippen LogP contribution in [0, 0.1) is 0 Å². The van der Waals surface area contributed by atoms with Gasteiger partial charge in [0.05, 0.1) is 9.37 Å². The molecule has 0 heterocycles. The van der Waals surface area contributed by atoms with E-state index in [9.17, 15) is 8.42 Å². The van der Waals surface area contributed by atoms with Crippen molar-refractivity contribution in [3.63, 3.8) is 0 Å². The maximum Gasteiger partial charge on any atom is 0.175 e. The summed E-state index contributed by atoms with van der Waals surface area (Å²) in [7, 11) is -3.19. The zero-order valence-electron chi connectivity index (χ0n) is 10.8. The molecule has 4 nitrogen and oxygen atoms in total. The lowest BCUT2D eigenvalue weighted by Gasteiger charge is -2.09. The van der Waals surface area contributed by atoms with Crippen LogP contribution in [0.3, 0.4) is 0 Å². The van der Waals surface area contributed by atoms with E-state index in [1.807, 2.05) is 18.2 Å². The molecule has 0 unspecified atom stereocenters. The van der Waals surface area contributed by atoms with Crippen molar-refractivity contribution in [2.75, 3.05) is 6.26 Å². The van der Waals surface area contributed by atoms with Gasteiger partial charge >= 0.3 is 0 Å². The maximum atomic E-state index is 11.4. The van der Waals surface area contributed by atoms with Gasteiger partial charge in [0.15, 0.2) is 9.84 Å². The molecule has 0 saturated heterocycles. The van der Waals surface area contributed by atoms with Gasteiger partial charge in [-0.2, -0.15) is 0 Å². The van der Waals surface area contributed by atoms with E-state index >= 15 is 0 Å². The van der Waals surface area contributed by atoms with Crippen LogP contribution in [0.15, 0.2) is 51.8 Å². The number of halogens is 1. The number of benzene rings is 2. The van der Waals surface area contributed by atoms with Crippen LogP contribution >= 0.6 is 15.9 Å². The van der Waals surface area contributed by atoms with E-state index in [0.29, 0.717) is 18.0 Å². The lowest BCUT2D eigenvalue weighted by atomic mass is 10.2. The monoisotopic (exact) mass is 355 g/mol. The maximum absolute atomic E-state index is 11.4. The van der Waals surface area contributed by atoms with Crippen LogP contribution in [0.25, 0.3) is 0 Å². The molecule has 0 aromatic heterocycles. The fraction of sp³-hybridized carbons (Fsp3) is 0.143. The average Bonchev–Trinajstić information content (AvgIpc) is 2.40. The third kappa shape index (κ3) is 3.59. The van der Waals surface area contributed by atoms with Crippen molar-refractivity contribution >= 4 is 25.8 Å². The van der Waals surface area contributed by atoms with Crippen molar-refractivity contribution in [3.8, 4) is 11.5 Å². The van der Waals surface area contributed by atoms with E-state index in [1.165, 1.54) is 18.4 Å². The minimum absolute atomic E-state index is 0.266. The summed E-state index contributed by atoms with van der Waals surface area (Å²) in [4.78, 5) is 0.266. The lowest BCUT2D eigenvalue weighted by Crippen LogP contribution is -1.97. The highest BCUT2D eigenvalue weighted by atomic mass is 79.9. The van der Waals surface area contributed by atoms with Crippen molar-refractivity contribution < 1.29 is 13.2 Å². The van der Waals surface area contributed by atoms with Crippen LogP contribution in [0.2, 0.25) is 0 Å². The van der Waals surface area contributed by atoms with Crippen molar-refractivity contribution in [3.05, 3.63) is 52.5 Å². The Morgan fingerprint density at radius 3 is 2.30 bits per heavy atom. The second-order valence-electron chi connectivity index (χ2n) is 4.31. The zero-order valence-corrected chi connectivity index (χ0v) is 13.2. The van der Waals surface area contributed by atoms with Crippen LogP contribution in [-0.4, -0.2) is 14.7 Å². The van der Waals surface area contributed by atoms with Gasteiger partial charge in [0.1, 0.15) is 11.5 Å². The second kappa shape index (κ2) is 5.95. The van der Waals surface area contributed by atoms with Crippen LogP contribution in [0.4, 0.5) is 0 Å². The first kappa shape index (κ1) is 15.0. The number of ether oxygens (including phenoxy) is 1. The van der Waals surface area contributed by atoms with Crippen molar-refractivity contribution in [1.29, 1.82) is 0 Å². The Hall–Kier alpha value is -1.37. The minimum Gasteiger partial charge on any atom is -0.456 e. The molecule has 0 amide bonds. The quantitative estimate of drug-likeness (QED) is 0.914. The third-order valence-corrected chi connectivity index (χ3v) is 4.46. The number of sulfone groups is 1. The first-order valence-corrected chi connectivity index (χ1v) is 8.55. The highest BCUT2D eigenvalue weighted by Gasteiger charge is 2.08. The summed E-state index contributed by atoms with van der Waals surface area (Å²) < 4.78 is 29.2. The smallest absolute Gasteiger partial charge is 0.175 e. The Bertz CT molecular complexity index is 712. The highest BCUT2D eigenvalue weighted by Crippen LogP contribution is 2.30. The molecule has 106 valence electrons. The molecule has 0 spiro atoms. The summed E-state index contributed by atoms with van der Waals surface area (Å²) >= 11 is 3.42. The van der Waals surface area contributed by atoms with Crippen molar-refractivity contribution in [2.45, 2.75) is 11.4 Å². The van der Waals surface area contributed by atoms with Gasteiger partial charge in [0, 0.05) is 12.8 Å². The molecule has 2 N–H and O–H groups in total. The summed E-state index contributed by atoms with van der Waals surface area (Å²) in [5, 5.41) is 0. The summed E-state index contributed by atoms with van der Waals surface area (Å²) in [6.07, 6.45) is 1.17. The molecule has 2 aromatic rings. The molecule has 2 aromatic carbocycles. The fourth-order valence-corrected chi connectivity index (χ4v) is 2.77. The Morgan fingerprint density at radius 1 is 1.15 bits per heavy atom. The van der Waals surface area contributed by atoms with Gasteiger partial charge in [-0.05, 0) is 57.9 Å². The lowest BCUT2D eigenvalue weighted by molar-refractivity contribution is 0.479. The van der Waals surface area contributed by atoms with Gasteiger partial charge in [-0.3, -0.25) is 0 Å². The molecule has 0 fully saturated rings. The molecule has 0 bridgehead atoms. The molecule has 6 heteroatoms. The van der Waals surface area contributed by atoms with Gasteiger partial charge in [-0.1, -0.05) is 6.07 Å². The molecule has 20 heavy (non-hydrogen) atoms. The Kier molecular flexibility index (Phi) is 4.47. The molecule has 0 atom stereocenters. The van der Waals surface area contributed by atoms with E-state index in [0.717, 1.165) is 10.0 Å². The first-order chi connectivity index (χ1) is 9.40. The molecule has 0 aliphatic carbocycles. The van der Waals surface area contributed by atoms with Crippen LogP contribution in [0.5, 0.6) is 11.5 Å². The van der Waals surface area contributed by atoms with Crippen LogP contribution < -0.4 is 10.5 Å². The van der Waals surface area contributed by atoms with Gasteiger partial charge in [-0.15, -0.1) is 0 Å². The van der Waals surface area contributed by atoms with Crippen LogP contribution in [-0.2, 0) is 16.4 Å². The molecule has 0 radical (unpaired) electrons. The molecular formula is C14H14BrNO3S. The Balaban J connectivity index is 2.22. The largest absolute Gasteiger partial charge is 0.456 e. The van der Waals surface area contributed by atoms with Crippen molar-refractivity contribution in [1.82, 2.24) is 0 Å². The highest BCUT2D eigenvalue weighted by molar-refractivity contribution is 9.10. The normalized spacial score (nSPS) is 11.3. The summed E-state index contributed by atoms with van der Waals surface area (Å²) in [5.74, 6) is 1.22. The topological polar surface area (TPSA) is 69.4 Å². The first-order valence-electron chi connectivity index (χ1n) is 5.86.